The van der Waals surface area contributed by atoms with Crippen molar-refractivity contribution in [3.63, 3.8) is 0 Å². The lowest BCUT2D eigenvalue weighted by Gasteiger charge is -1.93. The van der Waals surface area contributed by atoms with E-state index < -0.39 is 0 Å². The average molecular weight is 159 g/mol. The van der Waals surface area contributed by atoms with Crippen LogP contribution >= 0.6 is 0 Å². The highest BCUT2D eigenvalue weighted by Gasteiger charge is 2.15. The Kier molecular flexibility index (Phi) is 1.01. The number of fused-ring (bicyclic) bond motifs is 3. The molecule has 0 bridgehead atoms. The van der Waals surface area contributed by atoms with Crippen LogP contribution in [-0.4, -0.2) is 16.5 Å². The highest BCUT2D eigenvalue weighted by molar-refractivity contribution is 5.93. The molecule has 1 aliphatic heterocycles. The molecule has 12 heavy (non-hydrogen) atoms. The number of pyridine rings is 1. The molecule has 3 nitrogen and oxygen atoms in total. The fraction of sp³-hybridized carbons (Fsp3) is 0.222. The van der Waals surface area contributed by atoms with E-state index in [4.69, 9.17) is 0 Å². The van der Waals surface area contributed by atoms with E-state index in [0.717, 1.165) is 18.6 Å². The molecule has 0 saturated heterocycles. The van der Waals surface area contributed by atoms with Gasteiger partial charge in [0.25, 0.3) is 0 Å². The Morgan fingerprint density at radius 2 is 2.42 bits per heavy atom. The fourth-order valence-electron chi connectivity index (χ4n) is 1.78. The first-order valence-electron chi connectivity index (χ1n) is 4.14. The number of nitrogens with one attached hydrogen (secondary N) is 2. The highest BCUT2D eigenvalue weighted by atomic mass is 15.0. The van der Waals surface area contributed by atoms with Gasteiger partial charge in [-0.05, 0) is 12.1 Å². The second-order valence-electron chi connectivity index (χ2n) is 3.05. The molecule has 2 N–H and O–H groups in total. The molecule has 1 aliphatic rings. The topological polar surface area (TPSA) is 40.7 Å². The van der Waals surface area contributed by atoms with Crippen LogP contribution in [0.1, 0.15) is 5.69 Å². The predicted molar refractivity (Wildman–Crippen MR) is 48.3 cm³/mol. The Balaban J connectivity index is 2.44. The van der Waals surface area contributed by atoms with E-state index in [1.165, 1.54) is 16.8 Å². The number of hydrogen-bond donors (Lipinski definition) is 2. The molecule has 60 valence electrons. The van der Waals surface area contributed by atoms with E-state index >= 15 is 0 Å². The van der Waals surface area contributed by atoms with Crippen LogP contribution in [0.2, 0.25) is 0 Å². The molecule has 0 saturated carbocycles. The Hall–Kier alpha value is -1.51. The summed E-state index contributed by atoms with van der Waals surface area (Å²) in [4.78, 5) is 7.55. The molecule has 0 atom stereocenters. The van der Waals surface area contributed by atoms with Crippen LogP contribution in [-0.2, 0) is 6.42 Å². The third-order valence-electron chi connectivity index (χ3n) is 2.32. The monoisotopic (exact) mass is 159 g/mol. The van der Waals surface area contributed by atoms with Crippen LogP contribution in [0.4, 0.5) is 5.69 Å². The van der Waals surface area contributed by atoms with Crippen LogP contribution in [0.5, 0.6) is 0 Å². The maximum absolute atomic E-state index is 4.25. The summed E-state index contributed by atoms with van der Waals surface area (Å²) in [5.41, 5.74) is 3.54. The van der Waals surface area contributed by atoms with Crippen molar-refractivity contribution in [2.75, 3.05) is 11.9 Å². The standard InChI is InChI=1S/C9H9N3/c1-2-6-8-7(3-5-10-8)12-9(6)11-4-1/h1-2,4,10H,3,5H2,(H,11,12). The molecular weight excluding hydrogens is 150 g/mol. The molecule has 0 spiro atoms. The molecule has 0 aliphatic carbocycles. The van der Waals surface area contributed by atoms with Gasteiger partial charge in [0.05, 0.1) is 5.69 Å². The van der Waals surface area contributed by atoms with Crippen LogP contribution in [0, 0.1) is 0 Å². The number of aromatic amines is 1. The molecular formula is C9H9N3. The van der Waals surface area contributed by atoms with Crippen molar-refractivity contribution >= 4 is 16.7 Å². The van der Waals surface area contributed by atoms with Gasteiger partial charge in [-0.1, -0.05) is 0 Å². The predicted octanol–water partition coefficient (Wildman–Crippen LogP) is 1.53. The van der Waals surface area contributed by atoms with E-state index in [2.05, 4.69) is 21.4 Å². The molecule has 0 radical (unpaired) electrons. The minimum Gasteiger partial charge on any atom is -0.383 e. The molecule has 2 aromatic rings. The van der Waals surface area contributed by atoms with Crippen LogP contribution in [0.15, 0.2) is 18.3 Å². The van der Waals surface area contributed by atoms with Crippen molar-refractivity contribution in [2.45, 2.75) is 6.42 Å². The first kappa shape index (κ1) is 6.06. The van der Waals surface area contributed by atoms with Crippen LogP contribution in [0.3, 0.4) is 0 Å². The lowest BCUT2D eigenvalue weighted by atomic mass is 10.3. The van der Waals surface area contributed by atoms with Crippen molar-refractivity contribution in [2.24, 2.45) is 0 Å². The minimum absolute atomic E-state index is 0.995. The van der Waals surface area contributed by atoms with Gasteiger partial charge in [-0.2, -0.15) is 0 Å². The summed E-state index contributed by atoms with van der Waals surface area (Å²) < 4.78 is 0. The third-order valence-corrected chi connectivity index (χ3v) is 2.32. The second-order valence-corrected chi connectivity index (χ2v) is 3.05. The average Bonchev–Trinajstić information content (AvgIpc) is 2.62. The van der Waals surface area contributed by atoms with Crippen molar-refractivity contribution in [1.82, 2.24) is 9.97 Å². The van der Waals surface area contributed by atoms with E-state index in [-0.39, 0.29) is 0 Å². The van der Waals surface area contributed by atoms with Gasteiger partial charge < -0.3 is 10.3 Å². The zero-order valence-electron chi connectivity index (χ0n) is 6.59. The van der Waals surface area contributed by atoms with Gasteiger partial charge in [0, 0.05) is 30.2 Å². The molecule has 3 heteroatoms. The van der Waals surface area contributed by atoms with Crippen LogP contribution < -0.4 is 5.32 Å². The summed E-state index contributed by atoms with van der Waals surface area (Å²) in [6.45, 7) is 1.05. The van der Waals surface area contributed by atoms with Crippen molar-refractivity contribution < 1.29 is 0 Å². The highest BCUT2D eigenvalue weighted by Crippen LogP contribution is 2.29. The Morgan fingerprint density at radius 1 is 1.42 bits per heavy atom. The van der Waals surface area contributed by atoms with Gasteiger partial charge in [-0.3, -0.25) is 0 Å². The zero-order valence-corrected chi connectivity index (χ0v) is 6.59. The lowest BCUT2D eigenvalue weighted by Crippen LogP contribution is -1.93. The molecule has 0 amide bonds. The first-order valence-corrected chi connectivity index (χ1v) is 4.14. The normalized spacial score (nSPS) is 14.7. The summed E-state index contributed by atoms with van der Waals surface area (Å²) in [6.07, 6.45) is 2.90. The van der Waals surface area contributed by atoms with E-state index in [9.17, 15) is 0 Å². The Bertz CT molecular complexity index is 430. The number of hydrogen-bond acceptors (Lipinski definition) is 2. The lowest BCUT2D eigenvalue weighted by molar-refractivity contribution is 1.05. The van der Waals surface area contributed by atoms with Crippen LogP contribution in [0.25, 0.3) is 11.0 Å². The summed E-state index contributed by atoms with van der Waals surface area (Å²) in [7, 11) is 0. The summed E-state index contributed by atoms with van der Waals surface area (Å²) in [5, 5.41) is 4.56. The SMILES string of the molecule is c1cnc2[nH]c3c(c2c1)NCC3. The van der Waals surface area contributed by atoms with Gasteiger partial charge in [-0.15, -0.1) is 0 Å². The van der Waals surface area contributed by atoms with E-state index in [1.54, 1.807) is 0 Å². The van der Waals surface area contributed by atoms with Gasteiger partial charge in [0.15, 0.2) is 0 Å². The smallest absolute Gasteiger partial charge is 0.139 e. The summed E-state index contributed by atoms with van der Waals surface area (Å²) in [5.74, 6) is 0. The van der Waals surface area contributed by atoms with Crippen molar-refractivity contribution in [3.05, 3.63) is 24.0 Å². The third kappa shape index (κ3) is 0.630. The van der Waals surface area contributed by atoms with E-state index in [0.29, 0.717) is 0 Å². The fourth-order valence-corrected chi connectivity index (χ4v) is 1.78. The maximum atomic E-state index is 4.25. The van der Waals surface area contributed by atoms with Gasteiger partial charge in [-0.25, -0.2) is 4.98 Å². The summed E-state index contributed by atoms with van der Waals surface area (Å²) >= 11 is 0. The summed E-state index contributed by atoms with van der Waals surface area (Å²) in [6, 6.07) is 4.06. The number of nitrogens with zero attached hydrogens (tertiary/aromatic N) is 1. The Labute approximate surface area is 69.8 Å². The number of aromatic nitrogens is 2. The minimum atomic E-state index is 0.995. The molecule has 0 unspecified atom stereocenters. The van der Waals surface area contributed by atoms with E-state index in [1.807, 2.05) is 12.3 Å². The molecule has 2 aromatic heterocycles. The zero-order chi connectivity index (χ0) is 7.97. The number of anilines is 1. The maximum Gasteiger partial charge on any atom is 0.139 e. The van der Waals surface area contributed by atoms with Crippen molar-refractivity contribution in [3.8, 4) is 0 Å². The Morgan fingerprint density at radius 3 is 3.42 bits per heavy atom. The molecule has 0 aromatic carbocycles. The molecule has 3 rings (SSSR count). The first-order chi connectivity index (χ1) is 5.95. The molecule has 3 heterocycles. The van der Waals surface area contributed by atoms with Gasteiger partial charge >= 0.3 is 0 Å². The van der Waals surface area contributed by atoms with Gasteiger partial charge in [0.2, 0.25) is 0 Å². The number of rotatable bonds is 0. The largest absolute Gasteiger partial charge is 0.383 e. The van der Waals surface area contributed by atoms with Crippen molar-refractivity contribution in [1.29, 1.82) is 0 Å². The quantitative estimate of drug-likeness (QED) is 0.612. The molecule has 0 fully saturated rings. The second kappa shape index (κ2) is 2.00. The number of H-pyrrole nitrogens is 1. The van der Waals surface area contributed by atoms with Gasteiger partial charge in [0.1, 0.15) is 5.65 Å².